The van der Waals surface area contributed by atoms with Crippen LogP contribution < -0.4 is 10.8 Å². The molecule has 0 saturated heterocycles. The van der Waals surface area contributed by atoms with Gasteiger partial charge in [0.15, 0.2) is 0 Å². The molecule has 0 aliphatic carbocycles. The number of phenols is 1. The second-order valence-electron chi connectivity index (χ2n) is 7.50. The molecule has 0 fully saturated rings. The van der Waals surface area contributed by atoms with Crippen LogP contribution in [-0.4, -0.2) is 22.3 Å². The maximum absolute atomic E-state index is 12.8. The molecule has 4 N–H and O–H groups in total. The third kappa shape index (κ3) is 6.09. The van der Waals surface area contributed by atoms with Gasteiger partial charge in [-0.05, 0) is 47.9 Å². The summed E-state index contributed by atoms with van der Waals surface area (Å²) in [5.41, 5.74) is 2.95. The third-order valence-electron chi connectivity index (χ3n) is 5.17. The van der Waals surface area contributed by atoms with Crippen LogP contribution in [0.3, 0.4) is 0 Å². The van der Waals surface area contributed by atoms with E-state index < -0.39 is 18.1 Å². The molecular weight excluding hydrogens is 408 g/mol. The summed E-state index contributed by atoms with van der Waals surface area (Å²) in [6.45, 7) is 1.95. The number of hydrogen-bond donors (Lipinski definition) is 4. The Bertz CT molecular complexity index is 1090. The highest BCUT2D eigenvalue weighted by molar-refractivity contribution is 6.00. The molecule has 0 radical (unpaired) electrons. The molecule has 0 aromatic heterocycles. The summed E-state index contributed by atoms with van der Waals surface area (Å²) in [5, 5.41) is 22.9. The minimum absolute atomic E-state index is 0.0837. The fourth-order valence-electron chi connectivity index (χ4n) is 3.50. The number of allylic oxidation sites excluding steroid dienone is 1. The van der Waals surface area contributed by atoms with E-state index in [0.717, 1.165) is 16.3 Å². The molecule has 32 heavy (non-hydrogen) atoms. The highest BCUT2D eigenvalue weighted by Crippen LogP contribution is 2.31. The predicted molar refractivity (Wildman–Crippen MR) is 122 cm³/mol. The van der Waals surface area contributed by atoms with Crippen molar-refractivity contribution in [2.45, 2.75) is 25.9 Å². The van der Waals surface area contributed by atoms with Crippen molar-refractivity contribution in [1.29, 1.82) is 0 Å². The van der Waals surface area contributed by atoms with E-state index in [1.807, 2.05) is 49.4 Å². The molecule has 0 aliphatic rings. The van der Waals surface area contributed by atoms with Crippen LogP contribution in [0.15, 0.2) is 78.9 Å². The Labute approximate surface area is 186 Å². The van der Waals surface area contributed by atoms with Crippen molar-refractivity contribution in [3.8, 4) is 5.75 Å². The first-order valence-electron chi connectivity index (χ1n) is 10.3. The van der Waals surface area contributed by atoms with E-state index in [2.05, 4.69) is 5.32 Å². The molecule has 7 nitrogen and oxygen atoms in total. The summed E-state index contributed by atoms with van der Waals surface area (Å²) in [6.07, 6.45) is 2.93. The molecule has 3 rings (SSSR count). The summed E-state index contributed by atoms with van der Waals surface area (Å²) >= 11 is 0. The zero-order valence-electron chi connectivity index (χ0n) is 17.7. The molecule has 0 bridgehead atoms. The Morgan fingerprint density at radius 3 is 2.50 bits per heavy atom. The number of hydrogen-bond acceptors (Lipinski definition) is 5. The van der Waals surface area contributed by atoms with Gasteiger partial charge in [-0.2, -0.15) is 0 Å². The largest absolute Gasteiger partial charge is 0.508 e. The van der Waals surface area contributed by atoms with E-state index >= 15 is 0 Å². The van der Waals surface area contributed by atoms with E-state index in [0.29, 0.717) is 18.5 Å². The molecule has 0 aliphatic heterocycles. The first-order chi connectivity index (χ1) is 15.5. The summed E-state index contributed by atoms with van der Waals surface area (Å²) < 4.78 is 5.82. The highest BCUT2D eigenvalue weighted by atomic mass is 16.6. The summed E-state index contributed by atoms with van der Waals surface area (Å²) in [4.78, 5) is 23.9. The van der Waals surface area contributed by atoms with Gasteiger partial charge in [-0.25, -0.2) is 10.3 Å². The van der Waals surface area contributed by atoms with Crippen molar-refractivity contribution in [2.24, 2.45) is 5.92 Å². The van der Waals surface area contributed by atoms with E-state index in [9.17, 15) is 14.7 Å². The van der Waals surface area contributed by atoms with Gasteiger partial charge in [0.05, 0.1) is 5.69 Å². The van der Waals surface area contributed by atoms with Crippen molar-refractivity contribution in [1.82, 2.24) is 5.48 Å². The van der Waals surface area contributed by atoms with Gasteiger partial charge in [0.25, 0.3) is 5.91 Å². The number of phenolic OH excluding ortho intramolecular Hbond substituents is 1. The number of fused-ring (bicyclic) bond motifs is 1. The van der Waals surface area contributed by atoms with Crippen LogP contribution in [0.2, 0.25) is 0 Å². The first-order valence-corrected chi connectivity index (χ1v) is 10.3. The molecule has 0 saturated carbocycles. The topological polar surface area (TPSA) is 108 Å². The Balaban J connectivity index is 1.74. The lowest BCUT2D eigenvalue weighted by molar-refractivity contribution is -0.124. The number of nitrogens with one attached hydrogen (secondary N) is 2. The zero-order valence-corrected chi connectivity index (χ0v) is 17.7. The second-order valence-corrected chi connectivity index (χ2v) is 7.50. The molecule has 2 atom stereocenters. The van der Waals surface area contributed by atoms with Crippen molar-refractivity contribution in [3.63, 3.8) is 0 Å². The molecular formula is C25H26N2O5. The fourth-order valence-corrected chi connectivity index (χ4v) is 3.50. The lowest BCUT2D eigenvalue weighted by Gasteiger charge is -2.25. The monoisotopic (exact) mass is 434 g/mol. The normalized spacial score (nSPS) is 12.9. The molecule has 166 valence electrons. The number of carbonyl (C=O) groups is 2. The lowest BCUT2D eigenvalue weighted by atomic mass is 9.93. The molecule has 7 heteroatoms. The number of hydroxylamine groups is 1. The average Bonchev–Trinajstić information content (AvgIpc) is 2.81. The molecule has 2 amide bonds. The number of anilines is 1. The predicted octanol–water partition coefficient (Wildman–Crippen LogP) is 5.31. The Kier molecular flexibility index (Phi) is 7.83. The fraction of sp³-hybridized carbons (Fsp3) is 0.200. The van der Waals surface area contributed by atoms with E-state index in [1.165, 1.54) is 6.08 Å². The number of aromatic hydroxyl groups is 1. The Hall–Kier alpha value is -3.84. The van der Waals surface area contributed by atoms with Crippen LogP contribution in [0, 0.1) is 5.92 Å². The maximum Gasteiger partial charge on any atom is 0.412 e. The molecule has 0 spiro atoms. The minimum atomic E-state index is -0.599. The van der Waals surface area contributed by atoms with Gasteiger partial charge >= 0.3 is 6.09 Å². The molecule has 0 heterocycles. The van der Waals surface area contributed by atoms with Gasteiger partial charge in [0, 0.05) is 11.5 Å². The lowest BCUT2D eigenvalue weighted by Crippen LogP contribution is -2.22. The summed E-state index contributed by atoms with van der Waals surface area (Å²) in [6, 6.07) is 19.9. The number of carbonyl (C=O) groups excluding carboxylic acids is 2. The van der Waals surface area contributed by atoms with E-state index in [1.54, 1.807) is 35.8 Å². The van der Waals surface area contributed by atoms with E-state index in [-0.39, 0.29) is 11.7 Å². The van der Waals surface area contributed by atoms with Crippen LogP contribution >= 0.6 is 0 Å². The Morgan fingerprint density at radius 2 is 1.75 bits per heavy atom. The van der Waals surface area contributed by atoms with Crippen LogP contribution in [0.1, 0.15) is 31.4 Å². The molecule has 0 unspecified atom stereocenters. The SMILES string of the molecule is C[C@@H](CC/C=C/C(=O)NO)[C@@H](OC(=O)Nc1cccc2ccccc12)c1ccc(O)cc1. The number of amides is 2. The van der Waals surface area contributed by atoms with Crippen molar-refractivity contribution in [3.05, 3.63) is 84.4 Å². The van der Waals surface area contributed by atoms with Crippen LogP contribution in [0.4, 0.5) is 10.5 Å². The van der Waals surface area contributed by atoms with Crippen LogP contribution in [0.25, 0.3) is 10.8 Å². The minimum Gasteiger partial charge on any atom is -0.508 e. The maximum atomic E-state index is 12.8. The molecule has 3 aromatic carbocycles. The first kappa shape index (κ1) is 22.8. The third-order valence-corrected chi connectivity index (χ3v) is 5.17. The van der Waals surface area contributed by atoms with E-state index in [4.69, 9.17) is 9.94 Å². The highest BCUT2D eigenvalue weighted by Gasteiger charge is 2.24. The van der Waals surface area contributed by atoms with Gasteiger partial charge in [-0.1, -0.05) is 61.5 Å². The van der Waals surface area contributed by atoms with Crippen LogP contribution in [-0.2, 0) is 9.53 Å². The number of benzene rings is 3. The van der Waals surface area contributed by atoms with Gasteiger partial charge in [0.2, 0.25) is 0 Å². The number of rotatable bonds is 8. The van der Waals surface area contributed by atoms with Crippen molar-refractivity contribution in [2.75, 3.05) is 5.32 Å². The zero-order chi connectivity index (χ0) is 22.9. The van der Waals surface area contributed by atoms with Gasteiger partial charge in [0.1, 0.15) is 11.9 Å². The molecule has 3 aromatic rings. The summed E-state index contributed by atoms with van der Waals surface area (Å²) in [7, 11) is 0. The second kappa shape index (κ2) is 11.0. The summed E-state index contributed by atoms with van der Waals surface area (Å²) in [5.74, 6) is -0.559. The van der Waals surface area contributed by atoms with Crippen LogP contribution in [0.5, 0.6) is 5.75 Å². The smallest absolute Gasteiger partial charge is 0.412 e. The average molecular weight is 434 g/mol. The van der Waals surface area contributed by atoms with Gasteiger partial charge in [-0.15, -0.1) is 0 Å². The number of ether oxygens (including phenoxy) is 1. The van der Waals surface area contributed by atoms with Gasteiger partial charge in [-0.3, -0.25) is 15.3 Å². The Morgan fingerprint density at radius 1 is 1.03 bits per heavy atom. The standard InChI is InChI=1S/C25H26N2O5/c1-17(7-2-5-12-23(29)27-31)24(19-13-15-20(28)16-14-19)32-25(30)26-22-11-6-9-18-8-3-4-10-21(18)22/h3-6,8-17,24,28,31H,2,7H2,1H3,(H,26,30)(H,27,29)/b12-5+/t17-,24+/m0/s1. The van der Waals surface area contributed by atoms with Crippen molar-refractivity contribution < 1.29 is 24.6 Å². The quantitative estimate of drug-likeness (QED) is 0.218. The van der Waals surface area contributed by atoms with Crippen molar-refractivity contribution >= 4 is 28.5 Å². The van der Waals surface area contributed by atoms with Gasteiger partial charge < -0.3 is 9.84 Å².